The van der Waals surface area contributed by atoms with Crippen LogP contribution >= 0.6 is 0 Å². The number of hydrogen-bond donors (Lipinski definition) is 2. The highest BCUT2D eigenvalue weighted by atomic mass is 16.1. The molecule has 1 radical (unpaired) electrons. The standard InChI is InChI=1S/C9H20N3O/c1-4-12(5-2)7-6-11-8-9(13)10-3/h11H,3-8H2,1-2H3,(H,10,13). The summed E-state index contributed by atoms with van der Waals surface area (Å²) in [5.74, 6) is -0.0699. The molecule has 0 atom stereocenters. The minimum Gasteiger partial charge on any atom is -0.353 e. The van der Waals surface area contributed by atoms with Gasteiger partial charge in [-0.25, -0.2) is 0 Å². The van der Waals surface area contributed by atoms with Crippen molar-refractivity contribution in [3.05, 3.63) is 7.05 Å². The van der Waals surface area contributed by atoms with Crippen molar-refractivity contribution < 1.29 is 4.79 Å². The van der Waals surface area contributed by atoms with Gasteiger partial charge in [-0.05, 0) is 13.1 Å². The largest absolute Gasteiger partial charge is 0.353 e. The van der Waals surface area contributed by atoms with Crippen LogP contribution in [0, 0.1) is 7.05 Å². The van der Waals surface area contributed by atoms with E-state index in [1.54, 1.807) is 0 Å². The smallest absolute Gasteiger partial charge is 0.234 e. The first-order valence-electron chi connectivity index (χ1n) is 4.73. The van der Waals surface area contributed by atoms with Crippen LogP contribution in [0.5, 0.6) is 0 Å². The maximum absolute atomic E-state index is 10.7. The monoisotopic (exact) mass is 186 g/mol. The fourth-order valence-electron chi connectivity index (χ4n) is 1.04. The molecule has 0 aliphatic rings. The molecule has 2 N–H and O–H groups in total. The Morgan fingerprint density at radius 1 is 1.38 bits per heavy atom. The molecule has 4 heteroatoms. The third-order valence-corrected chi connectivity index (χ3v) is 1.98. The highest BCUT2D eigenvalue weighted by Gasteiger charge is 1.99. The van der Waals surface area contributed by atoms with Gasteiger partial charge in [0.05, 0.1) is 6.54 Å². The van der Waals surface area contributed by atoms with Crippen LogP contribution in [-0.2, 0) is 4.79 Å². The Morgan fingerprint density at radius 3 is 2.46 bits per heavy atom. The minimum absolute atomic E-state index is 0.0699. The topological polar surface area (TPSA) is 44.4 Å². The lowest BCUT2D eigenvalue weighted by Gasteiger charge is -2.17. The Bertz CT molecular complexity index is 135. The molecule has 0 spiro atoms. The van der Waals surface area contributed by atoms with Crippen molar-refractivity contribution in [1.29, 1.82) is 0 Å². The quantitative estimate of drug-likeness (QED) is 0.542. The lowest BCUT2D eigenvalue weighted by molar-refractivity contribution is -0.119. The first-order valence-corrected chi connectivity index (χ1v) is 4.73. The van der Waals surface area contributed by atoms with E-state index in [1.807, 2.05) is 0 Å². The second kappa shape index (κ2) is 8.01. The van der Waals surface area contributed by atoms with Gasteiger partial charge in [-0.15, -0.1) is 0 Å². The summed E-state index contributed by atoms with van der Waals surface area (Å²) in [6.07, 6.45) is 0. The molecule has 0 aliphatic carbocycles. The molecule has 0 unspecified atom stereocenters. The van der Waals surface area contributed by atoms with Gasteiger partial charge in [-0.2, -0.15) is 0 Å². The van der Waals surface area contributed by atoms with Crippen LogP contribution in [0.3, 0.4) is 0 Å². The number of nitrogens with zero attached hydrogens (tertiary/aromatic N) is 1. The molecule has 0 fully saturated rings. The van der Waals surface area contributed by atoms with Gasteiger partial charge in [0.15, 0.2) is 0 Å². The van der Waals surface area contributed by atoms with Crippen molar-refractivity contribution >= 4 is 5.91 Å². The fourth-order valence-corrected chi connectivity index (χ4v) is 1.04. The van der Waals surface area contributed by atoms with Gasteiger partial charge >= 0.3 is 0 Å². The normalized spacial score (nSPS) is 10.5. The molecule has 1 amide bonds. The third kappa shape index (κ3) is 6.54. The maximum Gasteiger partial charge on any atom is 0.234 e. The van der Waals surface area contributed by atoms with E-state index in [1.165, 1.54) is 0 Å². The van der Waals surface area contributed by atoms with Crippen molar-refractivity contribution in [3.63, 3.8) is 0 Å². The zero-order valence-corrected chi connectivity index (χ0v) is 8.60. The molecule has 0 heterocycles. The highest BCUT2D eigenvalue weighted by molar-refractivity contribution is 5.78. The SMILES string of the molecule is [CH2]NC(=O)CNCCN(CC)CC. The van der Waals surface area contributed by atoms with Crippen LogP contribution in [0.2, 0.25) is 0 Å². The maximum atomic E-state index is 10.7. The van der Waals surface area contributed by atoms with Crippen LogP contribution in [0.1, 0.15) is 13.8 Å². The third-order valence-electron chi connectivity index (χ3n) is 1.98. The molecule has 0 saturated heterocycles. The molecule has 0 aromatic rings. The Balaban J connectivity index is 3.28. The number of rotatable bonds is 7. The molecule has 0 bridgehead atoms. The second-order valence-electron chi connectivity index (χ2n) is 2.80. The summed E-state index contributed by atoms with van der Waals surface area (Å²) in [5, 5.41) is 5.36. The summed E-state index contributed by atoms with van der Waals surface area (Å²) < 4.78 is 0. The van der Waals surface area contributed by atoms with Crippen LogP contribution in [0.25, 0.3) is 0 Å². The fraction of sp³-hybridized carbons (Fsp3) is 0.778. The van der Waals surface area contributed by atoms with Gasteiger partial charge in [0.2, 0.25) is 5.91 Å². The van der Waals surface area contributed by atoms with Crippen LogP contribution in [-0.4, -0.2) is 43.5 Å². The van der Waals surface area contributed by atoms with Crippen LogP contribution < -0.4 is 10.6 Å². The Labute approximate surface area is 80.7 Å². The summed E-state index contributed by atoms with van der Waals surface area (Å²) in [4.78, 5) is 13.0. The molecule has 0 aromatic carbocycles. The Kier molecular flexibility index (Phi) is 7.63. The van der Waals surface area contributed by atoms with Crippen molar-refractivity contribution in [2.75, 3.05) is 32.7 Å². The average molecular weight is 186 g/mol. The number of amides is 1. The van der Waals surface area contributed by atoms with E-state index in [4.69, 9.17) is 0 Å². The first kappa shape index (κ1) is 12.4. The lowest BCUT2D eigenvalue weighted by atomic mass is 10.4. The zero-order valence-electron chi connectivity index (χ0n) is 8.60. The highest BCUT2D eigenvalue weighted by Crippen LogP contribution is 1.83. The van der Waals surface area contributed by atoms with Crippen molar-refractivity contribution in [2.24, 2.45) is 0 Å². The van der Waals surface area contributed by atoms with E-state index >= 15 is 0 Å². The van der Waals surface area contributed by atoms with E-state index in [0.29, 0.717) is 6.54 Å². The molecular weight excluding hydrogens is 166 g/mol. The molecule has 13 heavy (non-hydrogen) atoms. The predicted octanol–water partition coefficient (Wildman–Crippen LogP) is -0.174. The van der Waals surface area contributed by atoms with Crippen LogP contribution in [0.4, 0.5) is 0 Å². The van der Waals surface area contributed by atoms with Gasteiger partial charge in [0.1, 0.15) is 0 Å². The number of hydrogen-bond acceptors (Lipinski definition) is 3. The van der Waals surface area contributed by atoms with Crippen LogP contribution in [0.15, 0.2) is 0 Å². The predicted molar refractivity (Wildman–Crippen MR) is 54.2 cm³/mol. The second-order valence-corrected chi connectivity index (χ2v) is 2.80. The van der Waals surface area contributed by atoms with E-state index < -0.39 is 0 Å². The summed E-state index contributed by atoms with van der Waals surface area (Å²) in [7, 11) is 3.28. The zero-order chi connectivity index (χ0) is 10.1. The number of carbonyl (C=O) groups is 1. The van der Waals surface area contributed by atoms with E-state index in [9.17, 15) is 4.79 Å². The molecular formula is C9H20N3O. The Morgan fingerprint density at radius 2 is 2.00 bits per heavy atom. The molecule has 0 aliphatic heterocycles. The van der Waals surface area contributed by atoms with Crippen molar-refractivity contribution in [3.8, 4) is 0 Å². The van der Waals surface area contributed by atoms with E-state index in [0.717, 1.165) is 26.2 Å². The van der Waals surface area contributed by atoms with Crippen molar-refractivity contribution in [1.82, 2.24) is 15.5 Å². The average Bonchev–Trinajstić information content (AvgIpc) is 2.18. The lowest BCUT2D eigenvalue weighted by Crippen LogP contribution is -2.36. The van der Waals surface area contributed by atoms with E-state index in [2.05, 4.69) is 36.4 Å². The first-order chi connectivity index (χ1) is 6.24. The molecule has 4 nitrogen and oxygen atoms in total. The summed E-state index contributed by atoms with van der Waals surface area (Å²) in [5.41, 5.74) is 0. The van der Waals surface area contributed by atoms with Gasteiger partial charge in [0.25, 0.3) is 0 Å². The number of carbonyl (C=O) groups excluding carboxylic acids is 1. The summed E-state index contributed by atoms with van der Waals surface area (Å²) >= 11 is 0. The molecule has 0 rings (SSSR count). The molecule has 0 saturated carbocycles. The summed E-state index contributed by atoms with van der Waals surface area (Å²) in [6, 6.07) is 0. The number of nitrogens with one attached hydrogen (secondary N) is 2. The van der Waals surface area contributed by atoms with Crippen molar-refractivity contribution in [2.45, 2.75) is 13.8 Å². The van der Waals surface area contributed by atoms with Gasteiger partial charge in [0, 0.05) is 20.1 Å². The molecule has 77 valence electrons. The van der Waals surface area contributed by atoms with Gasteiger partial charge in [-0.1, -0.05) is 13.8 Å². The number of likely N-dealkylation sites (N-methyl/N-ethyl adjacent to an activating group) is 1. The summed E-state index contributed by atoms with van der Waals surface area (Å²) in [6.45, 7) is 8.55. The Hall–Kier alpha value is -0.610. The van der Waals surface area contributed by atoms with Gasteiger partial charge < -0.3 is 15.5 Å². The van der Waals surface area contributed by atoms with E-state index in [-0.39, 0.29) is 5.91 Å². The minimum atomic E-state index is -0.0699. The van der Waals surface area contributed by atoms with Gasteiger partial charge in [-0.3, -0.25) is 4.79 Å². The molecule has 0 aromatic heterocycles.